The Bertz CT molecular complexity index is 783. The van der Waals surface area contributed by atoms with Gasteiger partial charge in [0.15, 0.2) is 0 Å². The molecule has 1 fully saturated rings. The highest BCUT2D eigenvalue weighted by Gasteiger charge is 2.26. The minimum absolute atomic E-state index is 0.402. The summed E-state index contributed by atoms with van der Waals surface area (Å²) in [6, 6.07) is 17.0. The van der Waals surface area contributed by atoms with Crippen LogP contribution in [0.5, 0.6) is 0 Å². The van der Waals surface area contributed by atoms with E-state index in [9.17, 15) is 9.59 Å². The lowest BCUT2D eigenvalue weighted by Gasteiger charge is -2.32. The van der Waals surface area contributed by atoms with Crippen molar-refractivity contribution in [2.24, 2.45) is 11.7 Å². The molecular weight excluding hydrogens is 340 g/mol. The van der Waals surface area contributed by atoms with E-state index in [4.69, 9.17) is 10.5 Å². The second kappa shape index (κ2) is 8.71. The molecule has 3 rings (SSSR count). The fourth-order valence-corrected chi connectivity index (χ4v) is 3.90. The van der Waals surface area contributed by atoms with Crippen molar-refractivity contribution in [2.75, 3.05) is 18.6 Å². The number of hydrogen-bond donors (Lipinski definition) is 1. The number of rotatable bonds is 5. The van der Waals surface area contributed by atoms with E-state index >= 15 is 0 Å². The van der Waals surface area contributed by atoms with E-state index in [-0.39, 0.29) is 0 Å². The maximum absolute atomic E-state index is 12.0. The lowest BCUT2D eigenvalue weighted by molar-refractivity contribution is 0.0600. The van der Waals surface area contributed by atoms with Gasteiger partial charge in [-0.25, -0.2) is 9.59 Å². The Kier molecular flexibility index (Phi) is 6.12. The van der Waals surface area contributed by atoms with E-state index < -0.39 is 12.0 Å². The van der Waals surface area contributed by atoms with E-state index in [1.807, 2.05) is 6.07 Å². The molecule has 0 saturated heterocycles. The number of anilines is 1. The van der Waals surface area contributed by atoms with Crippen LogP contribution in [0, 0.1) is 5.92 Å². The zero-order chi connectivity index (χ0) is 19.2. The molecule has 2 amide bonds. The smallest absolute Gasteiger partial charge is 0.337 e. The highest BCUT2D eigenvalue weighted by atomic mass is 16.5. The normalized spacial score (nSPS) is 19.3. The topological polar surface area (TPSA) is 72.6 Å². The second-order valence-corrected chi connectivity index (χ2v) is 7.12. The zero-order valence-electron chi connectivity index (χ0n) is 15.6. The summed E-state index contributed by atoms with van der Waals surface area (Å²) < 4.78 is 4.76. The summed E-state index contributed by atoms with van der Waals surface area (Å²) in [5.41, 5.74) is 8.08. The minimum atomic E-state index is -0.498. The van der Waals surface area contributed by atoms with Gasteiger partial charge in [0.25, 0.3) is 0 Å². The van der Waals surface area contributed by atoms with Crippen LogP contribution in [0.4, 0.5) is 10.5 Å². The molecule has 5 nitrogen and oxygen atoms in total. The number of carbonyl (C=O) groups is 2. The quantitative estimate of drug-likeness (QED) is 0.801. The Hall–Kier alpha value is -2.82. The SMILES string of the molecule is COC(=O)c1cccc(N(CC2CCC(c3ccccc3)CC2)C(N)=O)c1. The predicted octanol–water partition coefficient (Wildman–Crippen LogP) is 4.33. The van der Waals surface area contributed by atoms with E-state index in [2.05, 4.69) is 24.3 Å². The van der Waals surface area contributed by atoms with E-state index in [1.165, 1.54) is 12.7 Å². The first-order chi connectivity index (χ1) is 13.1. The van der Waals surface area contributed by atoms with Crippen LogP contribution in [-0.4, -0.2) is 25.7 Å². The molecule has 1 saturated carbocycles. The molecule has 0 spiro atoms. The summed E-state index contributed by atoms with van der Waals surface area (Å²) in [5, 5.41) is 0. The number of urea groups is 1. The van der Waals surface area contributed by atoms with Gasteiger partial charge in [0, 0.05) is 12.2 Å². The maximum atomic E-state index is 12.0. The van der Waals surface area contributed by atoms with Gasteiger partial charge < -0.3 is 10.5 Å². The first-order valence-corrected chi connectivity index (χ1v) is 9.38. The molecule has 1 aliphatic rings. The number of nitrogens with two attached hydrogens (primary N) is 1. The van der Waals surface area contributed by atoms with Gasteiger partial charge >= 0.3 is 12.0 Å². The lowest BCUT2D eigenvalue weighted by Crippen LogP contribution is -2.40. The number of ether oxygens (including phenoxy) is 1. The first-order valence-electron chi connectivity index (χ1n) is 9.38. The Labute approximate surface area is 160 Å². The molecule has 0 aliphatic heterocycles. The summed E-state index contributed by atoms with van der Waals surface area (Å²) >= 11 is 0. The fourth-order valence-electron chi connectivity index (χ4n) is 3.90. The first kappa shape index (κ1) is 19.0. The monoisotopic (exact) mass is 366 g/mol. The molecule has 0 bridgehead atoms. The summed E-state index contributed by atoms with van der Waals surface area (Å²) in [5.74, 6) is 0.566. The largest absolute Gasteiger partial charge is 0.465 e. The number of benzene rings is 2. The van der Waals surface area contributed by atoms with Crippen LogP contribution in [-0.2, 0) is 4.74 Å². The molecule has 0 unspecified atom stereocenters. The van der Waals surface area contributed by atoms with Crippen molar-refractivity contribution in [2.45, 2.75) is 31.6 Å². The number of esters is 1. The van der Waals surface area contributed by atoms with Crippen LogP contribution in [0.15, 0.2) is 54.6 Å². The molecule has 5 heteroatoms. The predicted molar refractivity (Wildman–Crippen MR) is 106 cm³/mol. The number of amides is 2. The molecule has 0 aromatic heterocycles. The van der Waals surface area contributed by atoms with Gasteiger partial charge in [-0.05, 0) is 61.3 Å². The summed E-state index contributed by atoms with van der Waals surface area (Å²) in [7, 11) is 1.34. The van der Waals surface area contributed by atoms with Crippen molar-refractivity contribution in [3.8, 4) is 0 Å². The van der Waals surface area contributed by atoms with Crippen molar-refractivity contribution in [1.82, 2.24) is 0 Å². The van der Waals surface area contributed by atoms with Gasteiger partial charge in [-0.15, -0.1) is 0 Å². The lowest BCUT2D eigenvalue weighted by atomic mass is 9.78. The van der Waals surface area contributed by atoms with E-state index in [0.29, 0.717) is 29.6 Å². The average molecular weight is 366 g/mol. The van der Waals surface area contributed by atoms with Gasteiger partial charge in [-0.3, -0.25) is 4.90 Å². The molecule has 0 radical (unpaired) electrons. The molecule has 27 heavy (non-hydrogen) atoms. The number of carbonyl (C=O) groups excluding carboxylic acids is 2. The molecule has 2 aromatic rings. The third kappa shape index (κ3) is 4.67. The highest BCUT2D eigenvalue weighted by Crippen LogP contribution is 2.36. The Balaban J connectivity index is 1.66. The van der Waals surface area contributed by atoms with E-state index in [0.717, 1.165) is 25.7 Å². The molecule has 0 heterocycles. The fraction of sp³-hybridized carbons (Fsp3) is 0.364. The van der Waals surface area contributed by atoms with Crippen LogP contribution in [0.1, 0.15) is 47.5 Å². The van der Waals surface area contributed by atoms with Gasteiger partial charge in [0.05, 0.1) is 12.7 Å². The number of nitrogens with zero attached hydrogens (tertiary/aromatic N) is 1. The Morgan fingerprint density at radius 2 is 1.74 bits per heavy atom. The minimum Gasteiger partial charge on any atom is -0.465 e. The Morgan fingerprint density at radius 3 is 2.37 bits per heavy atom. The van der Waals surface area contributed by atoms with Crippen LogP contribution in [0.3, 0.4) is 0 Å². The Morgan fingerprint density at radius 1 is 1.04 bits per heavy atom. The molecule has 1 aliphatic carbocycles. The van der Waals surface area contributed by atoms with Crippen molar-refractivity contribution in [1.29, 1.82) is 0 Å². The van der Waals surface area contributed by atoms with Crippen LogP contribution >= 0.6 is 0 Å². The second-order valence-electron chi connectivity index (χ2n) is 7.12. The van der Waals surface area contributed by atoms with Crippen molar-refractivity contribution in [3.63, 3.8) is 0 Å². The highest BCUT2D eigenvalue weighted by molar-refractivity contribution is 5.94. The van der Waals surface area contributed by atoms with Crippen LogP contribution < -0.4 is 10.6 Å². The number of hydrogen-bond acceptors (Lipinski definition) is 3. The molecule has 2 N–H and O–H groups in total. The summed E-state index contributed by atoms with van der Waals surface area (Å²) in [4.78, 5) is 25.4. The van der Waals surface area contributed by atoms with Gasteiger partial charge in [-0.2, -0.15) is 0 Å². The van der Waals surface area contributed by atoms with Crippen molar-refractivity contribution in [3.05, 3.63) is 65.7 Å². The van der Waals surface area contributed by atoms with Crippen molar-refractivity contribution >= 4 is 17.7 Å². The van der Waals surface area contributed by atoms with Gasteiger partial charge in [0.2, 0.25) is 0 Å². The summed E-state index contributed by atoms with van der Waals surface area (Å²) in [6.07, 6.45) is 4.34. The molecule has 2 aromatic carbocycles. The third-order valence-corrected chi connectivity index (χ3v) is 5.40. The third-order valence-electron chi connectivity index (χ3n) is 5.40. The molecular formula is C22H26N2O3. The average Bonchev–Trinajstić information content (AvgIpc) is 2.72. The summed E-state index contributed by atoms with van der Waals surface area (Å²) in [6.45, 7) is 0.571. The maximum Gasteiger partial charge on any atom is 0.337 e. The van der Waals surface area contributed by atoms with Gasteiger partial charge in [-0.1, -0.05) is 36.4 Å². The van der Waals surface area contributed by atoms with Crippen LogP contribution in [0.2, 0.25) is 0 Å². The molecule has 0 atom stereocenters. The number of methoxy groups -OCH3 is 1. The number of primary amides is 1. The van der Waals surface area contributed by atoms with Crippen molar-refractivity contribution < 1.29 is 14.3 Å². The molecule has 142 valence electrons. The van der Waals surface area contributed by atoms with Crippen LogP contribution in [0.25, 0.3) is 0 Å². The standard InChI is InChI=1S/C22H26N2O3/c1-27-21(25)19-8-5-9-20(14-19)24(22(23)26)15-16-10-12-18(13-11-16)17-6-3-2-4-7-17/h2-9,14,16,18H,10-13,15H2,1H3,(H2,23,26). The van der Waals surface area contributed by atoms with E-state index in [1.54, 1.807) is 29.2 Å². The zero-order valence-corrected chi connectivity index (χ0v) is 15.6. The van der Waals surface area contributed by atoms with Gasteiger partial charge in [0.1, 0.15) is 0 Å².